The Morgan fingerprint density at radius 2 is 1.86 bits per heavy atom. The first kappa shape index (κ1) is 24.9. The molecule has 0 aliphatic carbocycles. The van der Waals surface area contributed by atoms with Gasteiger partial charge in [0.2, 0.25) is 0 Å². The second-order valence-electron chi connectivity index (χ2n) is 8.72. The van der Waals surface area contributed by atoms with Crippen LogP contribution in [0.5, 0.6) is 0 Å². The minimum absolute atomic E-state index is 0.155. The summed E-state index contributed by atoms with van der Waals surface area (Å²) in [5, 5.41) is 9.32. The third-order valence-electron chi connectivity index (χ3n) is 6.05. The Morgan fingerprint density at radius 1 is 1.00 bits per heavy atom. The fourth-order valence-electron chi connectivity index (χ4n) is 4.20. The van der Waals surface area contributed by atoms with Crippen molar-refractivity contribution in [3.05, 3.63) is 99.4 Å². The Labute approximate surface area is 223 Å². The van der Waals surface area contributed by atoms with Crippen LogP contribution >= 0.6 is 23.2 Å². The molecular weight excluding hydrogens is 509 g/mol. The van der Waals surface area contributed by atoms with Crippen molar-refractivity contribution in [2.24, 2.45) is 0 Å². The third kappa shape index (κ3) is 5.63. The summed E-state index contributed by atoms with van der Waals surface area (Å²) in [5.41, 5.74) is 5.24. The molecule has 3 aromatic heterocycles. The average Bonchev–Trinajstić information content (AvgIpc) is 3.24. The van der Waals surface area contributed by atoms with Crippen molar-refractivity contribution < 1.29 is 9.32 Å². The number of rotatable bonds is 8. The van der Waals surface area contributed by atoms with E-state index in [1.807, 2.05) is 62.4 Å². The lowest BCUT2D eigenvalue weighted by Gasteiger charge is -2.12. The first-order valence-corrected chi connectivity index (χ1v) is 12.5. The zero-order valence-corrected chi connectivity index (χ0v) is 21.8. The van der Waals surface area contributed by atoms with Gasteiger partial charge in [-0.1, -0.05) is 52.6 Å². The Balaban J connectivity index is 1.50. The first-order chi connectivity index (χ1) is 17.9. The van der Waals surface area contributed by atoms with Crippen molar-refractivity contribution in [3.8, 4) is 11.1 Å². The number of carbonyl (C=O) groups is 1. The molecule has 0 saturated carbocycles. The molecule has 186 valence electrons. The van der Waals surface area contributed by atoms with Crippen LogP contribution in [-0.2, 0) is 13.0 Å². The second kappa shape index (κ2) is 10.7. The largest absolute Gasteiger partial charge is 0.365 e. The maximum Gasteiger partial charge on any atom is 0.200 e. The Hall–Kier alpha value is -3.81. The van der Waals surface area contributed by atoms with Gasteiger partial charge in [-0.25, -0.2) is 15.0 Å². The van der Waals surface area contributed by atoms with Crippen LogP contribution in [0.3, 0.4) is 0 Å². The minimum Gasteiger partial charge on any atom is -0.365 e. The van der Waals surface area contributed by atoms with Crippen molar-refractivity contribution >= 4 is 45.7 Å². The van der Waals surface area contributed by atoms with Gasteiger partial charge in [-0.05, 0) is 67.3 Å². The standard InChI is InChI=1S/C28H23Cl2N5O2/c1-16-26(17(2)37-35-16)20-8-9-23-22(13-20)27(32-15-19-4-3-5-21(29)12-19)34-28(33-23)24(36)10-6-18-7-11-25(30)31-14-18/h3-5,7-9,11-14H,6,10,15H2,1-2H3,(H,32,33,34). The lowest BCUT2D eigenvalue weighted by molar-refractivity contribution is 0.0973. The van der Waals surface area contributed by atoms with E-state index in [1.54, 1.807) is 12.3 Å². The van der Waals surface area contributed by atoms with Gasteiger partial charge in [-0.2, -0.15) is 0 Å². The number of Topliss-reactive ketones (excluding diaryl/α,β-unsaturated/α-hetero) is 1. The molecular formula is C28H23Cl2N5O2. The van der Waals surface area contributed by atoms with E-state index in [2.05, 4.69) is 25.4 Å². The van der Waals surface area contributed by atoms with Crippen molar-refractivity contribution in [2.75, 3.05) is 5.32 Å². The van der Waals surface area contributed by atoms with Gasteiger partial charge in [0.25, 0.3) is 0 Å². The summed E-state index contributed by atoms with van der Waals surface area (Å²) in [5.74, 6) is 1.30. The normalized spacial score (nSPS) is 11.1. The summed E-state index contributed by atoms with van der Waals surface area (Å²) < 4.78 is 5.36. The van der Waals surface area contributed by atoms with Crippen LogP contribution in [0.2, 0.25) is 10.2 Å². The first-order valence-electron chi connectivity index (χ1n) is 11.7. The van der Waals surface area contributed by atoms with E-state index in [-0.39, 0.29) is 18.0 Å². The predicted octanol–water partition coefficient (Wildman–Crippen LogP) is 7.03. The van der Waals surface area contributed by atoms with Gasteiger partial charge in [-0.3, -0.25) is 4.79 Å². The summed E-state index contributed by atoms with van der Waals surface area (Å²) in [6, 6.07) is 17.0. The number of anilines is 1. The molecule has 0 atom stereocenters. The number of aryl methyl sites for hydroxylation is 3. The zero-order valence-electron chi connectivity index (χ0n) is 20.3. The van der Waals surface area contributed by atoms with Gasteiger partial charge in [-0.15, -0.1) is 0 Å². The van der Waals surface area contributed by atoms with Crippen molar-refractivity contribution in [1.29, 1.82) is 0 Å². The van der Waals surface area contributed by atoms with Crippen LogP contribution in [0.4, 0.5) is 5.82 Å². The molecule has 2 aromatic carbocycles. The van der Waals surface area contributed by atoms with E-state index >= 15 is 0 Å². The lowest BCUT2D eigenvalue weighted by atomic mass is 10.0. The molecule has 9 heteroatoms. The monoisotopic (exact) mass is 531 g/mol. The molecule has 0 unspecified atom stereocenters. The molecule has 0 aliphatic rings. The molecule has 0 saturated heterocycles. The molecule has 0 aliphatic heterocycles. The number of carbonyl (C=O) groups excluding carboxylic acids is 1. The number of ketones is 1. The summed E-state index contributed by atoms with van der Waals surface area (Å²) in [7, 11) is 0. The Bertz CT molecular complexity index is 1580. The summed E-state index contributed by atoms with van der Waals surface area (Å²) in [4.78, 5) is 26.4. The van der Waals surface area contributed by atoms with Gasteiger partial charge in [0.05, 0.1) is 11.2 Å². The molecule has 3 heterocycles. The molecule has 0 spiro atoms. The van der Waals surface area contributed by atoms with E-state index in [0.29, 0.717) is 34.5 Å². The maximum absolute atomic E-state index is 13.1. The molecule has 37 heavy (non-hydrogen) atoms. The van der Waals surface area contributed by atoms with Crippen LogP contribution in [0.25, 0.3) is 22.0 Å². The molecule has 5 rings (SSSR count). The van der Waals surface area contributed by atoms with Crippen LogP contribution in [0, 0.1) is 13.8 Å². The van der Waals surface area contributed by atoms with E-state index in [4.69, 9.17) is 27.7 Å². The highest BCUT2D eigenvalue weighted by Crippen LogP contribution is 2.32. The van der Waals surface area contributed by atoms with Crippen molar-refractivity contribution in [2.45, 2.75) is 33.2 Å². The number of nitrogens with one attached hydrogen (secondary N) is 1. The average molecular weight is 532 g/mol. The number of fused-ring (bicyclic) bond motifs is 1. The van der Waals surface area contributed by atoms with Crippen LogP contribution in [0.15, 0.2) is 65.3 Å². The molecule has 0 bridgehead atoms. The van der Waals surface area contributed by atoms with Crippen LogP contribution in [0.1, 0.15) is 39.6 Å². The number of halogens is 2. The van der Waals surface area contributed by atoms with Crippen LogP contribution in [-0.4, -0.2) is 25.9 Å². The quantitative estimate of drug-likeness (QED) is 0.169. The summed E-state index contributed by atoms with van der Waals surface area (Å²) >= 11 is 12.0. The molecule has 1 N–H and O–H groups in total. The summed E-state index contributed by atoms with van der Waals surface area (Å²) in [6.45, 7) is 4.27. The zero-order chi connectivity index (χ0) is 25.9. The molecule has 7 nitrogen and oxygen atoms in total. The molecule has 0 fully saturated rings. The number of hydrogen-bond acceptors (Lipinski definition) is 7. The number of nitrogens with zero attached hydrogens (tertiary/aromatic N) is 4. The fraction of sp³-hybridized carbons (Fsp3) is 0.179. The fourth-order valence-corrected chi connectivity index (χ4v) is 4.52. The Morgan fingerprint density at radius 3 is 2.59 bits per heavy atom. The van der Waals surface area contributed by atoms with E-state index in [9.17, 15) is 4.79 Å². The van der Waals surface area contributed by atoms with Gasteiger partial charge in [0.1, 0.15) is 16.7 Å². The molecule has 0 radical (unpaired) electrons. The van der Waals surface area contributed by atoms with Crippen molar-refractivity contribution in [3.63, 3.8) is 0 Å². The van der Waals surface area contributed by atoms with Crippen LogP contribution < -0.4 is 5.32 Å². The lowest BCUT2D eigenvalue weighted by Crippen LogP contribution is -2.11. The van der Waals surface area contributed by atoms with Gasteiger partial charge in [0, 0.05) is 35.1 Å². The smallest absolute Gasteiger partial charge is 0.200 e. The van der Waals surface area contributed by atoms with E-state index < -0.39 is 0 Å². The Kier molecular flexibility index (Phi) is 7.17. The minimum atomic E-state index is -0.155. The van der Waals surface area contributed by atoms with Gasteiger partial charge < -0.3 is 9.84 Å². The highest BCUT2D eigenvalue weighted by molar-refractivity contribution is 6.30. The summed E-state index contributed by atoms with van der Waals surface area (Å²) in [6.07, 6.45) is 2.44. The highest BCUT2D eigenvalue weighted by atomic mass is 35.5. The second-order valence-corrected chi connectivity index (χ2v) is 9.55. The number of hydrogen-bond donors (Lipinski definition) is 1. The number of benzene rings is 2. The van der Waals surface area contributed by atoms with Gasteiger partial charge in [0.15, 0.2) is 11.6 Å². The highest BCUT2D eigenvalue weighted by Gasteiger charge is 2.17. The SMILES string of the molecule is Cc1noc(C)c1-c1ccc2nc(C(=O)CCc3ccc(Cl)nc3)nc(NCc3cccc(Cl)c3)c2c1. The predicted molar refractivity (Wildman–Crippen MR) is 145 cm³/mol. The third-order valence-corrected chi connectivity index (χ3v) is 6.50. The number of pyridine rings is 1. The van der Waals surface area contributed by atoms with Crippen molar-refractivity contribution in [1.82, 2.24) is 20.1 Å². The molecule has 0 amide bonds. The van der Waals surface area contributed by atoms with E-state index in [0.717, 1.165) is 39.1 Å². The molecule has 5 aromatic rings. The maximum atomic E-state index is 13.1. The number of aromatic nitrogens is 4. The van der Waals surface area contributed by atoms with Gasteiger partial charge >= 0.3 is 0 Å². The topological polar surface area (TPSA) is 93.8 Å². The van der Waals surface area contributed by atoms with E-state index in [1.165, 1.54) is 0 Å².